The third-order valence-corrected chi connectivity index (χ3v) is 5.67. The Hall–Kier alpha value is -3.72. The highest BCUT2D eigenvalue weighted by atomic mass is 16.6. The van der Waals surface area contributed by atoms with Gasteiger partial charge in [-0.2, -0.15) is 0 Å². The van der Waals surface area contributed by atoms with Crippen LogP contribution in [-0.2, 0) is 32.0 Å². The van der Waals surface area contributed by atoms with Gasteiger partial charge in [0.15, 0.2) is 0 Å². The maximum atomic E-state index is 13.5. The van der Waals surface area contributed by atoms with Crippen molar-refractivity contribution in [1.82, 2.24) is 16.0 Å². The van der Waals surface area contributed by atoms with Gasteiger partial charge in [0.2, 0.25) is 11.8 Å². The predicted octanol–water partition coefficient (Wildman–Crippen LogP) is 2.66. The van der Waals surface area contributed by atoms with Crippen molar-refractivity contribution in [3.05, 3.63) is 71.8 Å². The van der Waals surface area contributed by atoms with Gasteiger partial charge in [-0.15, -0.1) is 0 Å². The van der Waals surface area contributed by atoms with Gasteiger partial charge in [0.1, 0.15) is 24.0 Å². The Balaban J connectivity index is 2.23. The van der Waals surface area contributed by atoms with E-state index in [1.165, 1.54) is 0 Å². The fourth-order valence-electron chi connectivity index (χ4n) is 3.81. The largest absolute Gasteiger partial charge is 0.444 e. The first kappa shape index (κ1) is 30.5. The van der Waals surface area contributed by atoms with E-state index in [2.05, 4.69) is 16.0 Å². The number of nitrogens with one attached hydrogen (secondary N) is 3. The summed E-state index contributed by atoms with van der Waals surface area (Å²) in [5.41, 5.74) is 6.45. The van der Waals surface area contributed by atoms with Gasteiger partial charge >= 0.3 is 6.09 Å². The van der Waals surface area contributed by atoms with Crippen molar-refractivity contribution < 1.29 is 23.9 Å². The molecule has 0 aromatic heterocycles. The van der Waals surface area contributed by atoms with Gasteiger partial charge in [-0.3, -0.25) is 9.59 Å². The van der Waals surface area contributed by atoms with Crippen LogP contribution in [0.2, 0.25) is 0 Å². The van der Waals surface area contributed by atoms with Crippen LogP contribution >= 0.6 is 0 Å². The summed E-state index contributed by atoms with van der Waals surface area (Å²) in [7, 11) is 0. The molecule has 3 atom stereocenters. The van der Waals surface area contributed by atoms with E-state index in [4.69, 9.17) is 10.5 Å². The van der Waals surface area contributed by atoms with Crippen LogP contribution < -0.4 is 21.7 Å². The van der Waals surface area contributed by atoms with Gasteiger partial charge in [0.25, 0.3) is 0 Å². The lowest BCUT2D eigenvalue weighted by atomic mass is 10.0. The van der Waals surface area contributed by atoms with E-state index in [9.17, 15) is 19.2 Å². The third kappa shape index (κ3) is 11.6. The summed E-state index contributed by atoms with van der Waals surface area (Å²) in [6.45, 7) is 5.70. The minimum atomic E-state index is -0.996. The standard InChI is InChI=1S/C29H40N4O5/c1-29(2,3)38-28(37)33-25(19-22-14-8-5-9-15-22)27(36)32-24(18-21-12-6-4-7-13-21)26(35)31-23(20-34)16-10-11-17-30/h4-9,12-15,20,23-25H,10-11,16-19,30H2,1-3H3,(H,31,35)(H,32,36)(H,33,37)/t23-,24-,25-/m0/s1. The van der Waals surface area contributed by atoms with Crippen LogP contribution in [0.5, 0.6) is 0 Å². The molecule has 0 fully saturated rings. The second-order valence-electron chi connectivity index (χ2n) is 10.2. The molecule has 0 aliphatic carbocycles. The average Bonchev–Trinajstić information content (AvgIpc) is 2.87. The monoisotopic (exact) mass is 524 g/mol. The van der Waals surface area contributed by atoms with E-state index in [1.807, 2.05) is 60.7 Å². The Morgan fingerprint density at radius 1 is 0.816 bits per heavy atom. The summed E-state index contributed by atoms with van der Waals surface area (Å²) in [5, 5.41) is 8.17. The van der Waals surface area contributed by atoms with Crippen molar-refractivity contribution in [1.29, 1.82) is 0 Å². The third-order valence-electron chi connectivity index (χ3n) is 5.67. The van der Waals surface area contributed by atoms with Gasteiger partial charge in [-0.1, -0.05) is 60.7 Å². The highest BCUT2D eigenvalue weighted by Gasteiger charge is 2.29. The van der Waals surface area contributed by atoms with Crippen molar-refractivity contribution in [2.75, 3.05) is 6.54 Å². The minimum absolute atomic E-state index is 0.196. The quantitative estimate of drug-likeness (QED) is 0.221. The molecule has 206 valence electrons. The van der Waals surface area contributed by atoms with Crippen molar-refractivity contribution >= 4 is 24.2 Å². The van der Waals surface area contributed by atoms with Gasteiger partial charge < -0.3 is 31.2 Å². The zero-order valence-corrected chi connectivity index (χ0v) is 22.4. The molecule has 0 aliphatic rings. The smallest absolute Gasteiger partial charge is 0.408 e. The first-order valence-electron chi connectivity index (χ1n) is 12.9. The average molecular weight is 525 g/mol. The number of carbonyl (C=O) groups is 4. The number of amides is 3. The van der Waals surface area contributed by atoms with Crippen molar-refractivity contribution in [2.45, 2.75) is 76.6 Å². The zero-order chi connectivity index (χ0) is 28.0. The van der Waals surface area contributed by atoms with Crippen LogP contribution in [0.15, 0.2) is 60.7 Å². The molecule has 2 rings (SSSR count). The Bertz CT molecular complexity index is 1020. The number of ether oxygens (including phenoxy) is 1. The van der Waals surface area contributed by atoms with Gasteiger partial charge in [0.05, 0.1) is 6.04 Å². The second-order valence-corrected chi connectivity index (χ2v) is 10.2. The summed E-state index contributed by atoms with van der Waals surface area (Å²) < 4.78 is 5.36. The maximum absolute atomic E-state index is 13.5. The van der Waals surface area contributed by atoms with E-state index < -0.39 is 41.6 Å². The summed E-state index contributed by atoms with van der Waals surface area (Å²) in [6.07, 6.45) is 2.24. The summed E-state index contributed by atoms with van der Waals surface area (Å²) >= 11 is 0. The molecule has 3 amide bonds. The van der Waals surface area contributed by atoms with Gasteiger partial charge in [-0.25, -0.2) is 4.79 Å². The molecule has 9 heteroatoms. The van der Waals surface area contributed by atoms with Crippen LogP contribution in [-0.4, -0.2) is 54.5 Å². The summed E-state index contributed by atoms with van der Waals surface area (Å²) in [4.78, 5) is 50.9. The number of carbonyl (C=O) groups excluding carboxylic acids is 4. The van der Waals surface area contributed by atoms with Gasteiger partial charge in [0, 0.05) is 12.8 Å². The molecule has 0 heterocycles. The molecule has 5 N–H and O–H groups in total. The summed E-state index contributed by atoms with van der Waals surface area (Å²) in [5.74, 6) is -1.02. The Labute approximate surface area is 224 Å². The first-order valence-corrected chi connectivity index (χ1v) is 12.9. The molecule has 2 aromatic rings. The fourth-order valence-corrected chi connectivity index (χ4v) is 3.81. The van der Waals surface area contributed by atoms with E-state index in [0.717, 1.165) is 17.5 Å². The number of hydrogen-bond donors (Lipinski definition) is 4. The maximum Gasteiger partial charge on any atom is 0.408 e. The number of hydrogen-bond acceptors (Lipinski definition) is 6. The SMILES string of the molecule is CC(C)(C)OC(=O)N[C@@H](Cc1ccccc1)C(=O)N[C@@H](Cc1ccccc1)C(=O)N[C@H](C=O)CCCCN. The van der Waals surface area contributed by atoms with Crippen molar-refractivity contribution in [3.8, 4) is 0 Å². The summed E-state index contributed by atoms with van der Waals surface area (Å²) in [6, 6.07) is 15.8. The number of benzene rings is 2. The van der Waals surface area contributed by atoms with Crippen molar-refractivity contribution in [2.24, 2.45) is 5.73 Å². The molecule has 2 aromatic carbocycles. The van der Waals surface area contributed by atoms with Crippen LogP contribution in [0.4, 0.5) is 4.79 Å². The molecule has 0 saturated carbocycles. The fraction of sp³-hybridized carbons (Fsp3) is 0.448. The number of nitrogens with two attached hydrogens (primary N) is 1. The number of aldehydes is 1. The van der Waals surface area contributed by atoms with E-state index >= 15 is 0 Å². The molecule has 0 bridgehead atoms. The molecule has 0 aliphatic heterocycles. The molecule has 0 radical (unpaired) electrons. The van der Waals surface area contributed by atoms with Crippen LogP contribution in [0, 0.1) is 0 Å². The highest BCUT2D eigenvalue weighted by Crippen LogP contribution is 2.10. The lowest BCUT2D eigenvalue weighted by Gasteiger charge is -2.26. The molecule has 9 nitrogen and oxygen atoms in total. The highest BCUT2D eigenvalue weighted by molar-refractivity contribution is 5.92. The zero-order valence-electron chi connectivity index (χ0n) is 22.4. The van der Waals surface area contributed by atoms with Gasteiger partial charge in [-0.05, 0) is 57.7 Å². The normalized spacial score (nSPS) is 13.5. The van der Waals surface area contributed by atoms with Crippen molar-refractivity contribution in [3.63, 3.8) is 0 Å². The van der Waals surface area contributed by atoms with E-state index in [0.29, 0.717) is 25.7 Å². The number of alkyl carbamates (subject to hydrolysis) is 1. The topological polar surface area (TPSA) is 140 Å². The lowest BCUT2D eigenvalue weighted by Crippen LogP contribution is -2.56. The minimum Gasteiger partial charge on any atom is -0.444 e. The molecule has 0 saturated heterocycles. The molecule has 0 unspecified atom stereocenters. The molecular weight excluding hydrogens is 484 g/mol. The first-order chi connectivity index (χ1) is 18.1. The Morgan fingerprint density at radius 3 is 1.79 bits per heavy atom. The number of rotatable bonds is 14. The Kier molecular flexibility index (Phi) is 12.5. The second kappa shape index (κ2) is 15.5. The molecule has 38 heavy (non-hydrogen) atoms. The predicted molar refractivity (Wildman–Crippen MR) is 146 cm³/mol. The lowest BCUT2D eigenvalue weighted by molar-refractivity contribution is -0.131. The van der Waals surface area contributed by atoms with Crippen LogP contribution in [0.25, 0.3) is 0 Å². The van der Waals surface area contributed by atoms with Crippen LogP contribution in [0.1, 0.15) is 51.2 Å². The molecule has 0 spiro atoms. The van der Waals surface area contributed by atoms with E-state index in [1.54, 1.807) is 20.8 Å². The molecular formula is C29H40N4O5. The van der Waals surface area contributed by atoms with Crippen LogP contribution in [0.3, 0.4) is 0 Å². The number of unbranched alkanes of at least 4 members (excludes halogenated alkanes) is 1. The van der Waals surface area contributed by atoms with E-state index in [-0.39, 0.29) is 12.8 Å². The Morgan fingerprint density at radius 2 is 1.32 bits per heavy atom.